The van der Waals surface area contributed by atoms with Crippen LogP contribution in [0.15, 0.2) is 12.1 Å². The zero-order valence-corrected chi connectivity index (χ0v) is 21.8. The highest BCUT2D eigenvalue weighted by molar-refractivity contribution is 5.26. The van der Waals surface area contributed by atoms with Crippen molar-refractivity contribution >= 4 is 0 Å². The zero-order valence-electron chi connectivity index (χ0n) is 21.8. The van der Waals surface area contributed by atoms with Crippen LogP contribution in [0.4, 0.5) is 8.78 Å². The number of aryl methyl sites for hydroxylation is 1. The molecular formula is C31H48F2O. The first kappa shape index (κ1) is 26.1. The molecule has 0 aromatic heterocycles. The summed E-state index contributed by atoms with van der Waals surface area (Å²) in [5.74, 6) is 3.39. The summed E-state index contributed by atoms with van der Waals surface area (Å²) in [5, 5.41) is 0. The van der Waals surface area contributed by atoms with Gasteiger partial charge in [-0.3, -0.25) is 0 Å². The van der Waals surface area contributed by atoms with Crippen molar-refractivity contribution in [3.05, 3.63) is 34.9 Å². The molecular weight excluding hydrogens is 426 g/mol. The van der Waals surface area contributed by atoms with E-state index < -0.39 is 11.6 Å². The van der Waals surface area contributed by atoms with Crippen molar-refractivity contribution < 1.29 is 13.5 Å². The van der Waals surface area contributed by atoms with Gasteiger partial charge in [0.15, 0.2) is 11.6 Å². The molecule has 4 rings (SSSR count). The summed E-state index contributed by atoms with van der Waals surface area (Å²) in [4.78, 5) is 0. The van der Waals surface area contributed by atoms with Gasteiger partial charge in [0, 0.05) is 5.56 Å². The fraction of sp³-hybridized carbons (Fsp3) is 0.806. The largest absolute Gasteiger partial charge is 0.373 e. The van der Waals surface area contributed by atoms with Crippen LogP contribution in [0.3, 0.4) is 0 Å². The summed E-state index contributed by atoms with van der Waals surface area (Å²) in [6.07, 6.45) is 20.8. The number of hydrogen-bond acceptors (Lipinski definition) is 1. The predicted octanol–water partition coefficient (Wildman–Crippen LogP) is 9.41. The molecule has 0 N–H and O–H groups in total. The van der Waals surface area contributed by atoms with E-state index in [2.05, 4.69) is 6.92 Å². The molecule has 0 spiro atoms. The molecule has 1 nitrogen and oxygen atoms in total. The van der Waals surface area contributed by atoms with E-state index in [-0.39, 0.29) is 12.7 Å². The van der Waals surface area contributed by atoms with Gasteiger partial charge < -0.3 is 4.74 Å². The number of halogens is 2. The number of hydrogen-bond donors (Lipinski definition) is 0. The summed E-state index contributed by atoms with van der Waals surface area (Å²) in [5.41, 5.74) is 0.838. The number of rotatable bonds is 9. The fourth-order valence-electron chi connectivity index (χ4n) is 7.58. The van der Waals surface area contributed by atoms with Crippen molar-refractivity contribution in [1.29, 1.82) is 0 Å². The second-order valence-electron chi connectivity index (χ2n) is 11.9. The maximum atomic E-state index is 14.4. The first-order valence-electron chi connectivity index (χ1n) is 14.7. The van der Waals surface area contributed by atoms with Crippen molar-refractivity contribution in [3.63, 3.8) is 0 Å². The van der Waals surface area contributed by atoms with Crippen LogP contribution >= 0.6 is 0 Å². The Balaban J connectivity index is 1.16. The monoisotopic (exact) mass is 474 g/mol. The van der Waals surface area contributed by atoms with Crippen LogP contribution in [-0.4, -0.2) is 6.10 Å². The van der Waals surface area contributed by atoms with Crippen LogP contribution in [0.5, 0.6) is 0 Å². The van der Waals surface area contributed by atoms with Crippen LogP contribution in [0.25, 0.3) is 0 Å². The van der Waals surface area contributed by atoms with Crippen LogP contribution < -0.4 is 0 Å². The van der Waals surface area contributed by atoms with Gasteiger partial charge in [0.2, 0.25) is 0 Å². The molecule has 3 heteroatoms. The molecule has 0 unspecified atom stereocenters. The molecule has 3 aliphatic rings. The second-order valence-corrected chi connectivity index (χ2v) is 11.9. The molecule has 0 aliphatic heterocycles. The second kappa shape index (κ2) is 12.8. The Labute approximate surface area is 207 Å². The summed E-state index contributed by atoms with van der Waals surface area (Å²) < 4.78 is 34.7. The van der Waals surface area contributed by atoms with Gasteiger partial charge in [-0.2, -0.15) is 0 Å². The van der Waals surface area contributed by atoms with E-state index in [1.807, 2.05) is 6.92 Å². The highest BCUT2D eigenvalue weighted by Gasteiger charge is 2.34. The molecule has 3 aliphatic carbocycles. The van der Waals surface area contributed by atoms with Crippen molar-refractivity contribution in [3.8, 4) is 0 Å². The SMILES string of the molecule is CCCc1ccc(COC2CCC(C3CCC(C4CCC(CCC)CC4)CC3)CC2)c(F)c1F. The van der Waals surface area contributed by atoms with Gasteiger partial charge >= 0.3 is 0 Å². The smallest absolute Gasteiger partial charge is 0.164 e. The molecule has 0 amide bonds. The highest BCUT2D eigenvalue weighted by Crippen LogP contribution is 2.46. The summed E-state index contributed by atoms with van der Waals surface area (Å²) >= 11 is 0. The van der Waals surface area contributed by atoms with E-state index in [1.165, 1.54) is 77.0 Å². The maximum absolute atomic E-state index is 14.4. The Hall–Kier alpha value is -0.960. The molecule has 34 heavy (non-hydrogen) atoms. The lowest BCUT2D eigenvalue weighted by Crippen LogP contribution is -2.31. The van der Waals surface area contributed by atoms with Gasteiger partial charge in [-0.15, -0.1) is 0 Å². The summed E-state index contributed by atoms with van der Waals surface area (Å²) in [6.45, 7) is 4.51. The average Bonchev–Trinajstić information content (AvgIpc) is 2.88. The normalized spacial score (nSPS) is 32.6. The van der Waals surface area contributed by atoms with E-state index in [0.29, 0.717) is 17.5 Å². The molecule has 0 bridgehead atoms. The summed E-state index contributed by atoms with van der Waals surface area (Å²) in [6, 6.07) is 3.44. The fourth-order valence-corrected chi connectivity index (χ4v) is 7.58. The lowest BCUT2D eigenvalue weighted by molar-refractivity contribution is -0.00525. The Morgan fingerprint density at radius 1 is 0.647 bits per heavy atom. The zero-order chi connectivity index (χ0) is 23.9. The molecule has 3 fully saturated rings. The lowest BCUT2D eigenvalue weighted by Gasteiger charge is -2.41. The minimum absolute atomic E-state index is 0.191. The highest BCUT2D eigenvalue weighted by atomic mass is 19.2. The van der Waals surface area contributed by atoms with E-state index in [1.54, 1.807) is 12.1 Å². The van der Waals surface area contributed by atoms with E-state index in [9.17, 15) is 8.78 Å². The minimum atomic E-state index is -0.713. The van der Waals surface area contributed by atoms with Gasteiger partial charge in [0.05, 0.1) is 12.7 Å². The molecule has 1 aromatic carbocycles. The van der Waals surface area contributed by atoms with Crippen molar-refractivity contribution in [2.45, 2.75) is 129 Å². The van der Waals surface area contributed by atoms with Crippen molar-refractivity contribution in [2.75, 3.05) is 0 Å². The number of benzene rings is 1. The third-order valence-electron chi connectivity index (χ3n) is 9.69. The molecule has 0 saturated heterocycles. The lowest BCUT2D eigenvalue weighted by atomic mass is 9.65. The minimum Gasteiger partial charge on any atom is -0.373 e. The quantitative estimate of drug-likeness (QED) is 0.346. The molecule has 0 radical (unpaired) electrons. The Kier molecular flexibility index (Phi) is 9.86. The van der Waals surface area contributed by atoms with Gasteiger partial charge in [-0.25, -0.2) is 8.78 Å². The summed E-state index contributed by atoms with van der Waals surface area (Å²) in [7, 11) is 0. The molecule has 192 valence electrons. The van der Waals surface area contributed by atoms with Crippen LogP contribution in [0, 0.1) is 41.2 Å². The van der Waals surface area contributed by atoms with Crippen molar-refractivity contribution in [2.24, 2.45) is 29.6 Å². The standard InChI is InChI=1S/C31H48F2O/c1-3-5-22-7-9-23(10-8-22)24-11-13-25(14-12-24)26-17-19-29(20-18-26)34-21-28-16-15-27(6-4-2)30(32)31(28)33/h15-16,22-26,29H,3-14,17-21H2,1-2H3. The maximum Gasteiger partial charge on any atom is 0.164 e. The Morgan fingerprint density at radius 2 is 1.12 bits per heavy atom. The Morgan fingerprint density at radius 3 is 1.65 bits per heavy atom. The molecule has 1 aromatic rings. The van der Waals surface area contributed by atoms with Crippen LogP contribution in [-0.2, 0) is 17.8 Å². The topological polar surface area (TPSA) is 9.23 Å². The molecule has 0 atom stereocenters. The van der Waals surface area contributed by atoms with E-state index >= 15 is 0 Å². The van der Waals surface area contributed by atoms with E-state index in [4.69, 9.17) is 4.74 Å². The Bertz CT molecular complexity index is 738. The van der Waals surface area contributed by atoms with Gasteiger partial charge in [0.1, 0.15) is 0 Å². The molecule has 0 heterocycles. The molecule has 3 saturated carbocycles. The predicted molar refractivity (Wildman–Crippen MR) is 137 cm³/mol. The van der Waals surface area contributed by atoms with Crippen molar-refractivity contribution in [1.82, 2.24) is 0 Å². The van der Waals surface area contributed by atoms with Crippen LogP contribution in [0.1, 0.15) is 121 Å². The van der Waals surface area contributed by atoms with Gasteiger partial charge in [-0.05, 0) is 106 Å². The van der Waals surface area contributed by atoms with Gasteiger partial charge in [0.25, 0.3) is 0 Å². The van der Waals surface area contributed by atoms with Crippen LogP contribution in [0.2, 0.25) is 0 Å². The first-order valence-corrected chi connectivity index (χ1v) is 14.7. The third kappa shape index (κ3) is 6.62. The third-order valence-corrected chi connectivity index (χ3v) is 9.69. The number of ether oxygens (including phenoxy) is 1. The average molecular weight is 475 g/mol. The van der Waals surface area contributed by atoms with E-state index in [0.717, 1.165) is 48.9 Å². The first-order chi connectivity index (χ1) is 16.6. The van der Waals surface area contributed by atoms with Gasteiger partial charge in [-0.1, -0.05) is 58.1 Å².